The van der Waals surface area contributed by atoms with Gasteiger partial charge in [-0.15, -0.1) is 5.11 Å². The molecule has 0 bridgehead atoms. The van der Waals surface area contributed by atoms with Crippen LogP contribution < -0.4 is 5.32 Å². The van der Waals surface area contributed by atoms with Crippen LogP contribution in [0.1, 0.15) is 13.3 Å². The topological polar surface area (TPSA) is 62.5 Å². The van der Waals surface area contributed by atoms with Crippen LogP contribution >= 0.6 is 23.4 Å². The van der Waals surface area contributed by atoms with E-state index in [-0.39, 0.29) is 5.15 Å². The molecule has 0 saturated carbocycles. The molecule has 1 heterocycles. The van der Waals surface area contributed by atoms with Crippen molar-refractivity contribution in [2.45, 2.75) is 18.5 Å². The predicted molar refractivity (Wildman–Crippen MR) is 108 cm³/mol. The zero-order valence-electron chi connectivity index (χ0n) is 14.3. The van der Waals surface area contributed by atoms with Crippen molar-refractivity contribution >= 4 is 46.2 Å². The van der Waals surface area contributed by atoms with E-state index in [0.29, 0.717) is 16.7 Å². The van der Waals surface area contributed by atoms with E-state index in [4.69, 9.17) is 11.6 Å². The number of thioether (sulfide) groups is 1. The Labute approximate surface area is 162 Å². The third kappa shape index (κ3) is 5.03. The van der Waals surface area contributed by atoms with Crippen LogP contribution in [0, 0.1) is 0 Å². The molecule has 2 aromatic carbocycles. The van der Waals surface area contributed by atoms with Gasteiger partial charge >= 0.3 is 0 Å². The summed E-state index contributed by atoms with van der Waals surface area (Å²) in [4.78, 5) is 8.93. The SMILES string of the molecule is CCCSc1nc(Cl)c(/N=N/c2ccccc2)c(Nc2ccccc2)n1. The Morgan fingerprint density at radius 1 is 0.962 bits per heavy atom. The second kappa shape index (κ2) is 9.31. The maximum Gasteiger partial charge on any atom is 0.191 e. The minimum absolute atomic E-state index is 0.275. The van der Waals surface area contributed by atoms with Gasteiger partial charge in [0.25, 0.3) is 0 Å². The summed E-state index contributed by atoms with van der Waals surface area (Å²) in [5, 5.41) is 12.7. The highest BCUT2D eigenvalue weighted by Crippen LogP contribution is 2.35. The Balaban J connectivity index is 1.96. The van der Waals surface area contributed by atoms with Gasteiger partial charge in [0.2, 0.25) is 0 Å². The van der Waals surface area contributed by atoms with Gasteiger partial charge in [-0.05, 0) is 30.7 Å². The molecule has 1 N–H and O–H groups in total. The lowest BCUT2D eigenvalue weighted by molar-refractivity contribution is 0.959. The summed E-state index contributed by atoms with van der Waals surface area (Å²) in [6, 6.07) is 19.2. The molecular formula is C19H18ClN5S. The van der Waals surface area contributed by atoms with Gasteiger partial charge in [-0.2, -0.15) is 5.11 Å². The molecule has 0 saturated heterocycles. The average Bonchev–Trinajstić information content (AvgIpc) is 2.67. The summed E-state index contributed by atoms with van der Waals surface area (Å²) in [7, 11) is 0. The standard InChI is InChI=1S/C19H18ClN5S/c1-2-13-26-19-22-17(20)16(25-24-15-11-7-4-8-12-15)18(23-19)21-14-9-5-3-6-10-14/h3-12H,2,13H2,1H3,(H,21,22,23)/b25-24+. The first-order chi connectivity index (χ1) is 12.8. The molecule has 0 fully saturated rings. The molecule has 0 atom stereocenters. The van der Waals surface area contributed by atoms with Crippen LogP contribution in [0.25, 0.3) is 0 Å². The Hall–Kier alpha value is -2.44. The highest BCUT2D eigenvalue weighted by atomic mass is 35.5. The van der Waals surface area contributed by atoms with Crippen LogP contribution in [0.5, 0.6) is 0 Å². The number of benzene rings is 2. The van der Waals surface area contributed by atoms with Gasteiger partial charge in [-0.1, -0.05) is 66.7 Å². The molecule has 1 aromatic heterocycles. The Morgan fingerprint density at radius 3 is 2.35 bits per heavy atom. The molecule has 0 aliphatic heterocycles. The molecule has 0 spiro atoms. The first-order valence-corrected chi connectivity index (χ1v) is 9.62. The lowest BCUT2D eigenvalue weighted by atomic mass is 10.3. The highest BCUT2D eigenvalue weighted by Gasteiger charge is 2.14. The van der Waals surface area contributed by atoms with E-state index in [0.717, 1.165) is 23.5 Å². The third-order valence-electron chi connectivity index (χ3n) is 3.31. The molecule has 0 amide bonds. The van der Waals surface area contributed by atoms with E-state index in [9.17, 15) is 0 Å². The van der Waals surface area contributed by atoms with Crippen molar-refractivity contribution in [2.75, 3.05) is 11.1 Å². The van der Waals surface area contributed by atoms with Crippen LogP contribution in [0.2, 0.25) is 5.15 Å². The van der Waals surface area contributed by atoms with Crippen molar-refractivity contribution in [3.05, 3.63) is 65.8 Å². The lowest BCUT2D eigenvalue weighted by Gasteiger charge is -2.10. The molecule has 3 aromatic rings. The number of halogens is 1. The number of nitrogens with zero attached hydrogens (tertiary/aromatic N) is 4. The van der Waals surface area contributed by atoms with E-state index in [2.05, 4.69) is 32.4 Å². The molecule has 0 aliphatic rings. The normalized spacial score (nSPS) is 11.0. The monoisotopic (exact) mass is 383 g/mol. The molecule has 0 aliphatic carbocycles. The van der Waals surface area contributed by atoms with Crippen LogP contribution in [0.15, 0.2) is 76.0 Å². The van der Waals surface area contributed by atoms with Crippen molar-refractivity contribution in [2.24, 2.45) is 10.2 Å². The second-order valence-electron chi connectivity index (χ2n) is 5.37. The van der Waals surface area contributed by atoms with E-state index in [1.54, 1.807) is 11.8 Å². The molecule has 5 nitrogen and oxygen atoms in total. The molecule has 0 unspecified atom stereocenters. The number of anilines is 2. The number of aromatic nitrogens is 2. The van der Waals surface area contributed by atoms with E-state index in [1.165, 1.54) is 0 Å². The van der Waals surface area contributed by atoms with Crippen molar-refractivity contribution in [3.8, 4) is 0 Å². The summed E-state index contributed by atoms with van der Waals surface area (Å²) in [6.45, 7) is 2.11. The lowest BCUT2D eigenvalue weighted by Crippen LogP contribution is -1.98. The molecule has 26 heavy (non-hydrogen) atoms. The Morgan fingerprint density at radius 2 is 1.65 bits per heavy atom. The predicted octanol–water partition coefficient (Wildman–Crippen LogP) is 6.79. The number of nitrogens with one attached hydrogen (secondary N) is 1. The fourth-order valence-electron chi connectivity index (χ4n) is 2.10. The third-order valence-corrected chi connectivity index (χ3v) is 4.63. The van der Waals surface area contributed by atoms with Gasteiger partial charge in [0.05, 0.1) is 5.69 Å². The highest BCUT2D eigenvalue weighted by molar-refractivity contribution is 7.99. The molecule has 3 rings (SSSR count). The minimum Gasteiger partial charge on any atom is -0.338 e. The zero-order valence-corrected chi connectivity index (χ0v) is 15.8. The fraction of sp³-hybridized carbons (Fsp3) is 0.158. The number of hydrogen-bond donors (Lipinski definition) is 1. The number of hydrogen-bond acceptors (Lipinski definition) is 6. The summed E-state index contributed by atoms with van der Waals surface area (Å²) in [5.74, 6) is 1.46. The van der Waals surface area contributed by atoms with Gasteiger partial charge in [0.15, 0.2) is 21.8 Å². The molecular weight excluding hydrogens is 366 g/mol. The fourth-order valence-corrected chi connectivity index (χ4v) is 3.06. The van der Waals surface area contributed by atoms with Gasteiger partial charge in [0, 0.05) is 11.4 Å². The van der Waals surface area contributed by atoms with Crippen LogP contribution in [-0.2, 0) is 0 Å². The van der Waals surface area contributed by atoms with Crippen molar-refractivity contribution in [1.29, 1.82) is 0 Å². The minimum atomic E-state index is 0.275. The second-order valence-corrected chi connectivity index (χ2v) is 6.79. The quantitative estimate of drug-likeness (QED) is 0.211. The maximum absolute atomic E-state index is 6.39. The summed E-state index contributed by atoms with van der Waals surface area (Å²) >= 11 is 7.95. The maximum atomic E-state index is 6.39. The largest absolute Gasteiger partial charge is 0.338 e. The summed E-state index contributed by atoms with van der Waals surface area (Å²) in [5.41, 5.74) is 2.05. The molecule has 0 radical (unpaired) electrons. The number of para-hydroxylation sites is 1. The molecule has 132 valence electrons. The number of rotatable bonds is 7. The van der Waals surface area contributed by atoms with E-state index in [1.807, 2.05) is 60.7 Å². The first-order valence-electron chi connectivity index (χ1n) is 8.25. The van der Waals surface area contributed by atoms with Gasteiger partial charge in [0.1, 0.15) is 0 Å². The van der Waals surface area contributed by atoms with Crippen LogP contribution in [0.3, 0.4) is 0 Å². The Bertz CT molecular complexity index is 872. The van der Waals surface area contributed by atoms with Gasteiger partial charge in [-0.3, -0.25) is 0 Å². The zero-order chi connectivity index (χ0) is 18.2. The first kappa shape index (κ1) is 18.4. The van der Waals surface area contributed by atoms with E-state index >= 15 is 0 Å². The van der Waals surface area contributed by atoms with Crippen LogP contribution in [0.4, 0.5) is 22.9 Å². The van der Waals surface area contributed by atoms with Gasteiger partial charge in [-0.25, -0.2) is 9.97 Å². The van der Waals surface area contributed by atoms with Crippen molar-refractivity contribution < 1.29 is 0 Å². The molecule has 7 heteroatoms. The summed E-state index contributed by atoms with van der Waals surface area (Å²) < 4.78 is 0. The smallest absolute Gasteiger partial charge is 0.191 e. The Kier molecular flexibility index (Phi) is 6.57. The van der Waals surface area contributed by atoms with Crippen LogP contribution in [-0.4, -0.2) is 15.7 Å². The average molecular weight is 384 g/mol. The van der Waals surface area contributed by atoms with Gasteiger partial charge < -0.3 is 5.32 Å². The van der Waals surface area contributed by atoms with Crippen molar-refractivity contribution in [1.82, 2.24) is 9.97 Å². The summed E-state index contributed by atoms with van der Waals surface area (Å²) in [6.07, 6.45) is 1.03. The number of azo groups is 1. The van der Waals surface area contributed by atoms with Crippen molar-refractivity contribution in [3.63, 3.8) is 0 Å². The van der Waals surface area contributed by atoms with E-state index < -0.39 is 0 Å².